The Bertz CT molecular complexity index is 1510. The second kappa shape index (κ2) is 11.3. The highest BCUT2D eigenvalue weighted by atomic mass is 19.3. The number of aromatic nitrogens is 4. The largest absolute Gasteiger partial charge is 0.466 e. The molecule has 1 aromatic carbocycles. The number of carbonyl (C=O) groups is 1. The van der Waals surface area contributed by atoms with Crippen LogP contribution in [-0.2, 0) is 16.0 Å². The van der Waals surface area contributed by atoms with Gasteiger partial charge in [-0.3, -0.25) is 4.79 Å². The van der Waals surface area contributed by atoms with Crippen LogP contribution in [0.15, 0.2) is 61.1 Å². The molecule has 1 aliphatic rings. The summed E-state index contributed by atoms with van der Waals surface area (Å²) in [5.41, 5.74) is 5.88. The van der Waals surface area contributed by atoms with Gasteiger partial charge in [-0.15, -0.1) is 0 Å². The lowest BCUT2D eigenvalue weighted by atomic mass is 9.81. The Morgan fingerprint density at radius 3 is 2.62 bits per heavy atom. The first-order valence-corrected chi connectivity index (χ1v) is 13.0. The fourth-order valence-electron chi connectivity index (χ4n) is 5.15. The lowest BCUT2D eigenvalue weighted by Gasteiger charge is -2.25. The van der Waals surface area contributed by atoms with E-state index in [1.54, 1.807) is 36.7 Å². The minimum atomic E-state index is -2.89. The quantitative estimate of drug-likeness (QED) is 0.248. The lowest BCUT2D eigenvalue weighted by Crippen LogP contribution is -2.23. The molecular formula is C30H30F2N4O3. The van der Waals surface area contributed by atoms with Crippen LogP contribution in [0.5, 0.6) is 5.75 Å². The van der Waals surface area contributed by atoms with E-state index in [-0.39, 0.29) is 23.6 Å². The average Bonchev–Trinajstić information content (AvgIpc) is 3.23. The van der Waals surface area contributed by atoms with E-state index in [2.05, 4.69) is 21.9 Å². The van der Waals surface area contributed by atoms with Crippen molar-refractivity contribution in [3.8, 4) is 16.9 Å². The van der Waals surface area contributed by atoms with Gasteiger partial charge in [-0.1, -0.05) is 31.2 Å². The third-order valence-corrected chi connectivity index (χ3v) is 7.12. The number of alkyl halides is 2. The zero-order chi connectivity index (χ0) is 27.5. The smallest absolute Gasteiger partial charge is 0.387 e. The summed E-state index contributed by atoms with van der Waals surface area (Å²) >= 11 is 0. The summed E-state index contributed by atoms with van der Waals surface area (Å²) in [6.45, 7) is 3.29. The predicted molar refractivity (Wildman–Crippen MR) is 143 cm³/mol. The summed E-state index contributed by atoms with van der Waals surface area (Å²) in [5, 5.41) is 0. The maximum absolute atomic E-state index is 12.9. The third kappa shape index (κ3) is 5.67. The molecular weight excluding hydrogens is 502 g/mol. The normalized spacial score (nSPS) is 17.3. The highest BCUT2D eigenvalue weighted by molar-refractivity contribution is 5.75. The van der Waals surface area contributed by atoms with Crippen molar-refractivity contribution in [2.24, 2.45) is 11.8 Å². The molecule has 3 heterocycles. The molecule has 0 fully saturated rings. The number of hydrogen-bond donors (Lipinski definition) is 0. The minimum absolute atomic E-state index is 0.128. The van der Waals surface area contributed by atoms with Gasteiger partial charge in [0.15, 0.2) is 5.82 Å². The van der Waals surface area contributed by atoms with Gasteiger partial charge in [-0.2, -0.15) is 8.78 Å². The van der Waals surface area contributed by atoms with Gasteiger partial charge < -0.3 is 13.9 Å². The summed E-state index contributed by atoms with van der Waals surface area (Å²) in [6.07, 6.45) is 9.31. The summed E-state index contributed by atoms with van der Waals surface area (Å²) in [6, 6.07) is 10.7. The molecule has 0 amide bonds. The molecule has 4 aromatic rings. The lowest BCUT2D eigenvalue weighted by molar-refractivity contribution is -0.148. The maximum atomic E-state index is 12.9. The Hall–Kier alpha value is -4.14. The first kappa shape index (κ1) is 26.5. The average molecular weight is 533 g/mol. The van der Waals surface area contributed by atoms with Crippen molar-refractivity contribution in [3.05, 3.63) is 83.8 Å². The van der Waals surface area contributed by atoms with Crippen molar-refractivity contribution in [1.82, 2.24) is 19.4 Å². The Morgan fingerprint density at radius 1 is 1.13 bits per heavy atom. The number of carbonyl (C=O) groups excluding carboxylic acids is 1. The van der Waals surface area contributed by atoms with E-state index in [4.69, 9.17) is 9.47 Å². The number of nitrogens with zero attached hydrogens (tertiary/aromatic N) is 4. The zero-order valence-corrected chi connectivity index (χ0v) is 22.1. The number of pyridine rings is 1. The molecule has 9 heteroatoms. The van der Waals surface area contributed by atoms with Crippen molar-refractivity contribution in [2.75, 3.05) is 6.61 Å². The number of rotatable bonds is 8. The summed E-state index contributed by atoms with van der Waals surface area (Å²) in [7, 11) is 0. The SMILES string of the molecule is CCOC(=O)C1CC=C(c2ncc(-c3ccc4nc(C)c(Cc5ccccc5OC(F)F)n4c3)cn2)C(C)C1. The van der Waals surface area contributed by atoms with Crippen molar-refractivity contribution >= 4 is 17.2 Å². The minimum Gasteiger partial charge on any atom is -0.466 e. The summed E-state index contributed by atoms with van der Waals surface area (Å²) in [4.78, 5) is 26.1. The van der Waals surface area contributed by atoms with Crippen LogP contribution in [0, 0.1) is 18.8 Å². The van der Waals surface area contributed by atoms with E-state index in [0.717, 1.165) is 33.7 Å². The van der Waals surface area contributed by atoms with E-state index >= 15 is 0 Å². The molecule has 0 saturated carbocycles. The topological polar surface area (TPSA) is 78.6 Å². The fraction of sp³-hybridized carbons (Fsp3) is 0.333. The first-order chi connectivity index (χ1) is 18.8. The third-order valence-electron chi connectivity index (χ3n) is 7.12. The van der Waals surface area contributed by atoms with Crippen molar-refractivity contribution in [2.45, 2.75) is 46.6 Å². The van der Waals surface area contributed by atoms with Crippen molar-refractivity contribution < 1.29 is 23.0 Å². The van der Waals surface area contributed by atoms with Crippen molar-refractivity contribution in [3.63, 3.8) is 0 Å². The molecule has 39 heavy (non-hydrogen) atoms. The Kier molecular flexibility index (Phi) is 7.67. The maximum Gasteiger partial charge on any atom is 0.387 e. The molecule has 2 atom stereocenters. The number of imidazole rings is 1. The molecule has 5 rings (SSSR count). The van der Waals surface area contributed by atoms with Gasteiger partial charge in [-0.05, 0) is 56.4 Å². The van der Waals surface area contributed by atoms with Crippen LogP contribution < -0.4 is 4.74 Å². The van der Waals surface area contributed by atoms with Crippen LogP contribution in [-0.4, -0.2) is 38.5 Å². The van der Waals surface area contributed by atoms with Gasteiger partial charge >= 0.3 is 12.6 Å². The van der Waals surface area contributed by atoms with Gasteiger partial charge in [0, 0.05) is 47.4 Å². The molecule has 3 aromatic heterocycles. The Labute approximate surface area is 225 Å². The van der Waals surface area contributed by atoms with E-state index in [1.165, 1.54) is 0 Å². The second-order valence-corrected chi connectivity index (χ2v) is 9.73. The number of ether oxygens (including phenoxy) is 2. The molecule has 0 bridgehead atoms. The van der Waals surface area contributed by atoms with Crippen LogP contribution in [0.4, 0.5) is 8.78 Å². The molecule has 0 saturated heterocycles. The fourth-order valence-corrected chi connectivity index (χ4v) is 5.15. The van der Waals surface area contributed by atoms with Crippen LogP contribution in [0.2, 0.25) is 0 Å². The summed E-state index contributed by atoms with van der Waals surface area (Å²) < 4.78 is 37.7. The predicted octanol–water partition coefficient (Wildman–Crippen LogP) is 6.28. The monoisotopic (exact) mass is 532 g/mol. The molecule has 0 radical (unpaired) electrons. The van der Waals surface area contributed by atoms with Crippen LogP contribution >= 0.6 is 0 Å². The number of halogens is 2. The molecule has 0 aliphatic heterocycles. The van der Waals surface area contributed by atoms with E-state index in [9.17, 15) is 13.6 Å². The number of para-hydroxylation sites is 1. The zero-order valence-electron chi connectivity index (χ0n) is 22.1. The van der Waals surface area contributed by atoms with E-state index in [1.807, 2.05) is 42.7 Å². The molecule has 0 spiro atoms. The van der Waals surface area contributed by atoms with Gasteiger partial charge in [0.2, 0.25) is 0 Å². The highest BCUT2D eigenvalue weighted by Crippen LogP contribution is 2.35. The molecule has 2 unspecified atom stereocenters. The highest BCUT2D eigenvalue weighted by Gasteiger charge is 2.28. The number of hydrogen-bond acceptors (Lipinski definition) is 6. The van der Waals surface area contributed by atoms with Gasteiger partial charge in [0.25, 0.3) is 0 Å². The second-order valence-electron chi connectivity index (χ2n) is 9.73. The number of allylic oxidation sites excluding steroid dienone is 2. The van der Waals surface area contributed by atoms with Gasteiger partial charge in [0.1, 0.15) is 11.4 Å². The van der Waals surface area contributed by atoms with E-state index in [0.29, 0.717) is 37.3 Å². The van der Waals surface area contributed by atoms with Crippen molar-refractivity contribution in [1.29, 1.82) is 0 Å². The number of esters is 1. The van der Waals surface area contributed by atoms with Gasteiger partial charge in [-0.25, -0.2) is 15.0 Å². The summed E-state index contributed by atoms with van der Waals surface area (Å²) in [5.74, 6) is 0.678. The molecule has 202 valence electrons. The molecule has 0 N–H and O–H groups in total. The number of fused-ring (bicyclic) bond motifs is 1. The standard InChI is InChI=1S/C30H30F2N4O3/c1-4-38-29(37)21-9-11-24(18(2)13-21)28-33-15-23(16-34-28)22-10-12-27-35-19(3)25(36(27)17-22)14-20-7-5-6-8-26(20)39-30(31)32/h5-8,10-12,15-18,21,30H,4,9,13-14H2,1-3H3. The van der Waals surface area contributed by atoms with Crippen LogP contribution in [0.3, 0.4) is 0 Å². The Balaban J connectivity index is 1.40. The molecule has 1 aliphatic carbocycles. The molecule has 7 nitrogen and oxygen atoms in total. The van der Waals surface area contributed by atoms with Crippen LogP contribution in [0.1, 0.15) is 49.5 Å². The van der Waals surface area contributed by atoms with Gasteiger partial charge in [0.05, 0.1) is 18.2 Å². The number of aryl methyl sites for hydroxylation is 1. The Morgan fingerprint density at radius 2 is 1.90 bits per heavy atom. The number of benzene rings is 1. The van der Waals surface area contributed by atoms with Crippen LogP contribution in [0.25, 0.3) is 22.3 Å². The first-order valence-electron chi connectivity index (χ1n) is 13.0. The van der Waals surface area contributed by atoms with E-state index < -0.39 is 6.61 Å².